The fourth-order valence-corrected chi connectivity index (χ4v) is 4.32. The highest BCUT2D eigenvalue weighted by Gasteiger charge is 2.38. The van der Waals surface area contributed by atoms with Crippen molar-refractivity contribution in [3.63, 3.8) is 0 Å². The van der Waals surface area contributed by atoms with Crippen LogP contribution in [0.5, 0.6) is 0 Å². The molecule has 1 aromatic heterocycles. The third kappa shape index (κ3) is 3.48. The van der Waals surface area contributed by atoms with Crippen molar-refractivity contribution in [3.05, 3.63) is 96.3 Å². The SMILES string of the molecule is CN(Cc1coc2ccccc12)CC1C[C@H]1c1ccc(-c2ccccc2)cc1. The van der Waals surface area contributed by atoms with Crippen LogP contribution in [-0.2, 0) is 6.54 Å². The molecule has 1 fully saturated rings. The van der Waals surface area contributed by atoms with Crippen LogP contribution in [0.2, 0.25) is 0 Å². The van der Waals surface area contributed by atoms with Crippen LogP contribution in [0.15, 0.2) is 89.5 Å². The van der Waals surface area contributed by atoms with Crippen molar-refractivity contribution >= 4 is 11.0 Å². The van der Waals surface area contributed by atoms with Crippen LogP contribution in [0, 0.1) is 5.92 Å². The molecule has 28 heavy (non-hydrogen) atoms. The van der Waals surface area contributed by atoms with Crippen molar-refractivity contribution in [1.29, 1.82) is 0 Å². The first-order valence-corrected chi connectivity index (χ1v) is 10.1. The molecule has 4 aromatic rings. The summed E-state index contributed by atoms with van der Waals surface area (Å²) < 4.78 is 5.68. The van der Waals surface area contributed by atoms with E-state index in [1.165, 1.54) is 34.1 Å². The van der Waals surface area contributed by atoms with Crippen LogP contribution in [0.3, 0.4) is 0 Å². The topological polar surface area (TPSA) is 16.4 Å². The highest BCUT2D eigenvalue weighted by atomic mass is 16.3. The third-order valence-electron chi connectivity index (χ3n) is 5.92. The van der Waals surface area contributed by atoms with Crippen molar-refractivity contribution in [2.75, 3.05) is 13.6 Å². The summed E-state index contributed by atoms with van der Waals surface area (Å²) in [6.07, 6.45) is 3.20. The maximum Gasteiger partial charge on any atom is 0.134 e. The zero-order valence-corrected chi connectivity index (χ0v) is 16.2. The van der Waals surface area contributed by atoms with E-state index in [2.05, 4.69) is 78.7 Å². The fraction of sp³-hybridized carbons (Fsp3) is 0.231. The minimum Gasteiger partial charge on any atom is -0.464 e. The Morgan fingerprint density at radius 3 is 2.39 bits per heavy atom. The Hall–Kier alpha value is -2.84. The second kappa shape index (κ2) is 7.29. The number of benzene rings is 3. The van der Waals surface area contributed by atoms with Gasteiger partial charge in [-0.2, -0.15) is 0 Å². The first kappa shape index (κ1) is 17.3. The molecular formula is C26H25NO. The van der Waals surface area contributed by atoms with Gasteiger partial charge in [0.25, 0.3) is 0 Å². The third-order valence-corrected chi connectivity index (χ3v) is 5.92. The second-order valence-corrected chi connectivity index (χ2v) is 8.04. The molecule has 3 aromatic carbocycles. The van der Waals surface area contributed by atoms with Gasteiger partial charge in [-0.15, -0.1) is 0 Å². The van der Waals surface area contributed by atoms with Gasteiger partial charge in [0, 0.05) is 24.0 Å². The Morgan fingerprint density at radius 2 is 1.57 bits per heavy atom. The largest absolute Gasteiger partial charge is 0.464 e. The summed E-state index contributed by atoms with van der Waals surface area (Å²) >= 11 is 0. The minimum absolute atomic E-state index is 0.702. The van der Waals surface area contributed by atoms with Crippen molar-refractivity contribution < 1.29 is 4.42 Å². The van der Waals surface area contributed by atoms with E-state index in [1.54, 1.807) is 0 Å². The quantitative estimate of drug-likeness (QED) is 0.395. The zero-order chi connectivity index (χ0) is 18.9. The number of fused-ring (bicyclic) bond motifs is 1. The average molecular weight is 367 g/mol. The predicted molar refractivity (Wildman–Crippen MR) is 115 cm³/mol. The molecule has 0 N–H and O–H groups in total. The molecule has 1 saturated carbocycles. The zero-order valence-electron chi connectivity index (χ0n) is 16.2. The predicted octanol–water partition coefficient (Wildman–Crippen LogP) is 6.34. The van der Waals surface area contributed by atoms with E-state index < -0.39 is 0 Å². The number of para-hydroxylation sites is 1. The minimum atomic E-state index is 0.702. The van der Waals surface area contributed by atoms with E-state index in [0.29, 0.717) is 5.92 Å². The lowest BCUT2D eigenvalue weighted by Gasteiger charge is -2.16. The van der Waals surface area contributed by atoms with Gasteiger partial charge >= 0.3 is 0 Å². The molecule has 140 valence electrons. The maximum absolute atomic E-state index is 5.68. The van der Waals surface area contributed by atoms with Crippen LogP contribution in [0.25, 0.3) is 22.1 Å². The average Bonchev–Trinajstić information content (AvgIpc) is 3.39. The van der Waals surface area contributed by atoms with Crippen LogP contribution >= 0.6 is 0 Å². The molecule has 5 rings (SSSR count). The number of nitrogens with zero attached hydrogens (tertiary/aromatic N) is 1. The standard InChI is InChI=1S/C26H25NO/c1-27(17-23-18-28-26-10-6-5-9-24(23)26)16-22-15-25(22)21-13-11-20(12-14-21)19-7-3-2-4-8-19/h2-14,18,22,25H,15-17H2,1H3/t22?,25-/m0/s1. The van der Waals surface area contributed by atoms with E-state index >= 15 is 0 Å². The summed E-state index contributed by atoms with van der Waals surface area (Å²) in [5, 5.41) is 1.23. The molecule has 0 radical (unpaired) electrons. The van der Waals surface area contributed by atoms with Crippen molar-refractivity contribution in [1.82, 2.24) is 4.90 Å². The Kier molecular flexibility index (Phi) is 4.50. The Balaban J connectivity index is 1.20. The smallest absolute Gasteiger partial charge is 0.134 e. The van der Waals surface area contributed by atoms with E-state index in [0.717, 1.165) is 24.6 Å². The highest BCUT2D eigenvalue weighted by Crippen LogP contribution is 2.48. The summed E-state index contributed by atoms with van der Waals surface area (Å²) in [6.45, 7) is 2.07. The molecule has 0 spiro atoms. The van der Waals surface area contributed by atoms with Gasteiger partial charge in [-0.3, -0.25) is 0 Å². The fourth-order valence-electron chi connectivity index (χ4n) is 4.32. The summed E-state index contributed by atoms with van der Waals surface area (Å²) in [4.78, 5) is 2.43. The van der Waals surface area contributed by atoms with E-state index in [4.69, 9.17) is 4.42 Å². The van der Waals surface area contributed by atoms with Gasteiger partial charge < -0.3 is 9.32 Å². The van der Waals surface area contributed by atoms with Gasteiger partial charge in [-0.05, 0) is 48.1 Å². The van der Waals surface area contributed by atoms with Gasteiger partial charge in [0.2, 0.25) is 0 Å². The van der Waals surface area contributed by atoms with Crippen molar-refractivity contribution in [2.45, 2.75) is 18.9 Å². The Bertz CT molecular complexity index is 1060. The molecule has 0 saturated heterocycles. The summed E-state index contributed by atoms with van der Waals surface area (Å²) in [6, 6.07) is 28.1. The van der Waals surface area contributed by atoms with E-state index in [-0.39, 0.29) is 0 Å². The van der Waals surface area contributed by atoms with Crippen molar-refractivity contribution in [2.24, 2.45) is 5.92 Å². The van der Waals surface area contributed by atoms with Crippen LogP contribution < -0.4 is 0 Å². The first-order chi connectivity index (χ1) is 13.8. The lowest BCUT2D eigenvalue weighted by Crippen LogP contribution is -2.20. The molecule has 2 heteroatoms. The van der Waals surface area contributed by atoms with Gasteiger partial charge in [0.1, 0.15) is 5.58 Å². The highest BCUT2D eigenvalue weighted by molar-refractivity contribution is 5.80. The molecular weight excluding hydrogens is 342 g/mol. The summed E-state index contributed by atoms with van der Waals surface area (Å²) in [5.41, 5.74) is 6.32. The molecule has 1 aliphatic carbocycles. The van der Waals surface area contributed by atoms with Gasteiger partial charge in [0.15, 0.2) is 0 Å². The number of hydrogen-bond acceptors (Lipinski definition) is 2. The molecule has 0 aliphatic heterocycles. The first-order valence-electron chi connectivity index (χ1n) is 10.1. The number of hydrogen-bond donors (Lipinski definition) is 0. The second-order valence-electron chi connectivity index (χ2n) is 8.04. The van der Waals surface area contributed by atoms with E-state index in [1.807, 2.05) is 18.4 Å². The van der Waals surface area contributed by atoms with Crippen molar-refractivity contribution in [3.8, 4) is 11.1 Å². The molecule has 1 aliphatic rings. The van der Waals surface area contributed by atoms with Crippen LogP contribution in [0.4, 0.5) is 0 Å². The van der Waals surface area contributed by atoms with Gasteiger partial charge in [-0.25, -0.2) is 0 Å². The van der Waals surface area contributed by atoms with Gasteiger partial charge in [-0.1, -0.05) is 72.8 Å². The summed E-state index contributed by atoms with van der Waals surface area (Å²) in [7, 11) is 2.22. The Labute approximate surface area is 166 Å². The van der Waals surface area contributed by atoms with Crippen LogP contribution in [0.1, 0.15) is 23.5 Å². The molecule has 2 nitrogen and oxygen atoms in total. The van der Waals surface area contributed by atoms with Crippen LogP contribution in [-0.4, -0.2) is 18.5 Å². The van der Waals surface area contributed by atoms with E-state index in [9.17, 15) is 0 Å². The maximum atomic E-state index is 5.68. The normalized spacial score (nSPS) is 18.6. The molecule has 0 amide bonds. The lowest BCUT2D eigenvalue weighted by molar-refractivity contribution is 0.310. The van der Waals surface area contributed by atoms with Gasteiger partial charge in [0.05, 0.1) is 6.26 Å². The molecule has 1 unspecified atom stereocenters. The monoisotopic (exact) mass is 367 g/mol. The lowest BCUT2D eigenvalue weighted by atomic mass is 10.0. The molecule has 0 bridgehead atoms. The molecule has 1 heterocycles. The molecule has 2 atom stereocenters. The Morgan fingerprint density at radius 1 is 0.857 bits per heavy atom. The summed E-state index contributed by atoms with van der Waals surface area (Å²) in [5.74, 6) is 1.46. The number of rotatable bonds is 6. The number of furan rings is 1.